The van der Waals surface area contributed by atoms with Gasteiger partial charge in [0.2, 0.25) is 0 Å². The molecule has 1 aromatic rings. The number of hydrogen-bond donors (Lipinski definition) is 0. The van der Waals surface area contributed by atoms with Gasteiger partial charge in [-0.3, -0.25) is 0 Å². The fourth-order valence-corrected chi connectivity index (χ4v) is 2.85. The summed E-state index contributed by atoms with van der Waals surface area (Å²) in [7, 11) is 4.18. The third-order valence-electron chi connectivity index (χ3n) is 3.59. The number of alkyl halides is 1. The maximum atomic E-state index is 13.2. The summed E-state index contributed by atoms with van der Waals surface area (Å²) in [5, 5.41) is 0. The van der Waals surface area contributed by atoms with Crippen molar-refractivity contribution in [3.63, 3.8) is 0 Å². The molecule has 0 aromatic carbocycles. The van der Waals surface area contributed by atoms with Crippen molar-refractivity contribution in [3.8, 4) is 0 Å². The Labute approximate surface area is 113 Å². The molecule has 100 valence electrons. The largest absolute Gasteiger partial charge is 0.354 e. The Bertz CT molecular complexity index is 425. The van der Waals surface area contributed by atoms with Crippen LogP contribution in [0.25, 0.3) is 0 Å². The first kappa shape index (κ1) is 13.6. The summed E-state index contributed by atoms with van der Waals surface area (Å²) in [5.41, 5.74) is 0.767. The van der Waals surface area contributed by atoms with Crippen LogP contribution in [-0.2, 0) is 5.88 Å². The number of likely N-dealkylation sites (N-methyl/N-ethyl adjacent to an activating group) is 1. The quantitative estimate of drug-likeness (QED) is 0.787. The summed E-state index contributed by atoms with van der Waals surface area (Å²) in [6.07, 6.45) is 1.26. The molecule has 2 unspecified atom stereocenters. The lowest BCUT2D eigenvalue weighted by atomic mass is 10.1. The van der Waals surface area contributed by atoms with Gasteiger partial charge in [0.15, 0.2) is 0 Å². The van der Waals surface area contributed by atoms with E-state index in [0.29, 0.717) is 12.0 Å². The van der Waals surface area contributed by atoms with Crippen LogP contribution in [0, 0.1) is 11.7 Å². The second-order valence-electron chi connectivity index (χ2n) is 5.18. The number of pyridine rings is 1. The van der Waals surface area contributed by atoms with Crippen molar-refractivity contribution in [3.05, 3.63) is 23.6 Å². The number of rotatable bonds is 3. The topological polar surface area (TPSA) is 19.4 Å². The Balaban J connectivity index is 2.23. The maximum absolute atomic E-state index is 13.2. The molecule has 3 nitrogen and oxygen atoms in total. The molecule has 0 radical (unpaired) electrons. The second-order valence-corrected chi connectivity index (χ2v) is 5.45. The van der Waals surface area contributed by atoms with Crippen molar-refractivity contribution in [2.24, 2.45) is 5.92 Å². The van der Waals surface area contributed by atoms with Gasteiger partial charge < -0.3 is 9.80 Å². The molecule has 1 saturated heterocycles. The standard InChI is InChI=1S/C13H19ClFN3/c1-9-7-18(8-12(9)17(2)3)13-10(5-14)4-11(15)6-16-13/h4,6,9,12H,5,7-8H2,1-3H3. The third kappa shape index (κ3) is 2.59. The van der Waals surface area contributed by atoms with E-state index < -0.39 is 0 Å². The number of nitrogens with zero attached hydrogens (tertiary/aromatic N) is 3. The highest BCUT2D eigenvalue weighted by molar-refractivity contribution is 6.17. The summed E-state index contributed by atoms with van der Waals surface area (Å²) in [4.78, 5) is 8.64. The molecule has 1 aliphatic heterocycles. The first-order valence-electron chi connectivity index (χ1n) is 6.14. The minimum absolute atomic E-state index is 0.289. The number of halogens is 2. The average Bonchev–Trinajstić information content (AvgIpc) is 2.71. The van der Waals surface area contributed by atoms with Crippen LogP contribution >= 0.6 is 11.6 Å². The smallest absolute Gasteiger partial charge is 0.141 e. The zero-order valence-corrected chi connectivity index (χ0v) is 11.8. The van der Waals surface area contributed by atoms with E-state index in [1.54, 1.807) is 0 Å². The number of aromatic nitrogens is 1. The predicted molar refractivity (Wildman–Crippen MR) is 72.6 cm³/mol. The average molecular weight is 272 g/mol. The molecular weight excluding hydrogens is 253 g/mol. The molecule has 0 aliphatic carbocycles. The van der Waals surface area contributed by atoms with Crippen LogP contribution in [0.2, 0.25) is 0 Å². The third-order valence-corrected chi connectivity index (χ3v) is 3.88. The van der Waals surface area contributed by atoms with Gasteiger partial charge in [0.05, 0.1) is 12.1 Å². The van der Waals surface area contributed by atoms with Crippen LogP contribution in [0.1, 0.15) is 12.5 Å². The lowest BCUT2D eigenvalue weighted by molar-refractivity contribution is 0.266. The molecule has 2 heterocycles. The molecule has 1 fully saturated rings. The molecule has 1 aliphatic rings. The van der Waals surface area contributed by atoms with Crippen molar-refractivity contribution in [1.82, 2.24) is 9.88 Å². The van der Waals surface area contributed by atoms with Gasteiger partial charge in [0.1, 0.15) is 11.6 Å². The molecule has 0 bridgehead atoms. The van der Waals surface area contributed by atoms with E-state index in [0.717, 1.165) is 24.5 Å². The van der Waals surface area contributed by atoms with Crippen molar-refractivity contribution < 1.29 is 4.39 Å². The van der Waals surface area contributed by atoms with Crippen LogP contribution in [0.5, 0.6) is 0 Å². The van der Waals surface area contributed by atoms with Gasteiger partial charge in [-0.1, -0.05) is 6.92 Å². The Morgan fingerprint density at radius 3 is 2.78 bits per heavy atom. The first-order chi connectivity index (χ1) is 8.52. The Kier molecular flexibility index (Phi) is 4.07. The van der Waals surface area contributed by atoms with E-state index in [-0.39, 0.29) is 11.7 Å². The van der Waals surface area contributed by atoms with E-state index in [4.69, 9.17) is 11.6 Å². The molecule has 2 rings (SSSR count). The summed E-state index contributed by atoms with van der Waals surface area (Å²) >= 11 is 5.87. The molecule has 0 amide bonds. The van der Waals surface area contributed by atoms with Gasteiger partial charge in [-0.2, -0.15) is 0 Å². The SMILES string of the molecule is CC1CN(c2ncc(F)cc2CCl)CC1N(C)C. The van der Waals surface area contributed by atoms with Gasteiger partial charge in [-0.15, -0.1) is 11.6 Å². The molecule has 5 heteroatoms. The van der Waals surface area contributed by atoms with Crippen LogP contribution in [-0.4, -0.2) is 43.1 Å². The van der Waals surface area contributed by atoms with Crippen molar-refractivity contribution in [2.75, 3.05) is 32.1 Å². The fraction of sp³-hybridized carbons (Fsp3) is 0.615. The van der Waals surface area contributed by atoms with Crippen molar-refractivity contribution in [1.29, 1.82) is 0 Å². The molecule has 18 heavy (non-hydrogen) atoms. The predicted octanol–water partition coefficient (Wildman–Crippen LogP) is 2.35. The van der Waals surface area contributed by atoms with Gasteiger partial charge in [0, 0.05) is 24.7 Å². The summed E-state index contributed by atoms with van der Waals surface area (Å²) in [6, 6.07) is 1.98. The molecular formula is C13H19ClFN3. The summed E-state index contributed by atoms with van der Waals surface area (Å²) in [6.45, 7) is 4.08. The lowest BCUT2D eigenvalue weighted by Gasteiger charge is -2.23. The van der Waals surface area contributed by atoms with Crippen LogP contribution in [0.4, 0.5) is 10.2 Å². The van der Waals surface area contributed by atoms with E-state index in [9.17, 15) is 4.39 Å². The number of hydrogen-bond acceptors (Lipinski definition) is 3. The van der Waals surface area contributed by atoms with Crippen LogP contribution in [0.3, 0.4) is 0 Å². The molecule has 0 saturated carbocycles. The van der Waals surface area contributed by atoms with E-state index in [2.05, 4.69) is 35.8 Å². The van der Waals surface area contributed by atoms with Crippen LogP contribution < -0.4 is 4.90 Å². The molecule has 0 N–H and O–H groups in total. The Morgan fingerprint density at radius 1 is 1.50 bits per heavy atom. The normalized spacial score (nSPS) is 24.0. The zero-order valence-electron chi connectivity index (χ0n) is 11.0. The minimum atomic E-state index is -0.328. The minimum Gasteiger partial charge on any atom is -0.354 e. The number of anilines is 1. The highest BCUT2D eigenvalue weighted by Crippen LogP contribution is 2.28. The lowest BCUT2D eigenvalue weighted by Crippen LogP contribution is -2.34. The zero-order chi connectivity index (χ0) is 13.3. The molecule has 2 atom stereocenters. The Morgan fingerprint density at radius 2 is 2.22 bits per heavy atom. The maximum Gasteiger partial charge on any atom is 0.141 e. The fourth-order valence-electron chi connectivity index (χ4n) is 2.65. The summed E-state index contributed by atoms with van der Waals surface area (Å²) < 4.78 is 13.2. The van der Waals surface area contributed by atoms with Gasteiger partial charge in [-0.25, -0.2) is 9.37 Å². The highest BCUT2D eigenvalue weighted by Gasteiger charge is 2.32. The second kappa shape index (κ2) is 5.41. The Hall–Kier alpha value is -0.870. The van der Waals surface area contributed by atoms with E-state index >= 15 is 0 Å². The monoisotopic (exact) mass is 271 g/mol. The van der Waals surface area contributed by atoms with Gasteiger partial charge in [-0.05, 0) is 26.1 Å². The van der Waals surface area contributed by atoms with Crippen molar-refractivity contribution >= 4 is 17.4 Å². The summed E-state index contributed by atoms with van der Waals surface area (Å²) in [5.74, 6) is 1.35. The highest BCUT2D eigenvalue weighted by atomic mass is 35.5. The first-order valence-corrected chi connectivity index (χ1v) is 6.68. The molecule has 1 aromatic heterocycles. The van der Waals surface area contributed by atoms with Crippen LogP contribution in [0.15, 0.2) is 12.3 Å². The van der Waals surface area contributed by atoms with Gasteiger partial charge in [0.25, 0.3) is 0 Å². The van der Waals surface area contributed by atoms with Crippen molar-refractivity contribution in [2.45, 2.75) is 18.8 Å². The van der Waals surface area contributed by atoms with E-state index in [1.165, 1.54) is 12.3 Å². The van der Waals surface area contributed by atoms with E-state index in [1.807, 2.05) is 0 Å². The molecule has 0 spiro atoms. The van der Waals surface area contributed by atoms with Gasteiger partial charge >= 0.3 is 0 Å².